The van der Waals surface area contributed by atoms with Crippen molar-refractivity contribution in [3.05, 3.63) is 35.6 Å². The third kappa shape index (κ3) is 5.21. The molecule has 0 bridgehead atoms. The second kappa shape index (κ2) is 7.98. The highest BCUT2D eigenvalue weighted by Crippen LogP contribution is 2.05. The van der Waals surface area contributed by atoms with E-state index in [4.69, 9.17) is 4.74 Å². The van der Waals surface area contributed by atoms with Crippen LogP contribution in [0.2, 0.25) is 0 Å². The molecule has 21 heavy (non-hydrogen) atoms. The fourth-order valence-electron chi connectivity index (χ4n) is 1.50. The summed E-state index contributed by atoms with van der Waals surface area (Å²) in [7, 11) is 0. The van der Waals surface area contributed by atoms with Gasteiger partial charge in [-0.25, -0.2) is 4.39 Å². The molecule has 114 valence electrons. The number of likely N-dealkylation sites (N-methyl/N-ethyl adjacent to an activating group) is 1. The highest BCUT2D eigenvalue weighted by molar-refractivity contribution is 5.96. The summed E-state index contributed by atoms with van der Waals surface area (Å²) in [5, 5.41) is 4.73. The van der Waals surface area contributed by atoms with Crippen molar-refractivity contribution in [2.24, 2.45) is 0 Å². The molecule has 0 aliphatic carbocycles. The Morgan fingerprint density at radius 3 is 2.52 bits per heavy atom. The predicted octanol–water partition coefficient (Wildman–Crippen LogP) is 0.623. The third-order valence-electron chi connectivity index (χ3n) is 2.54. The lowest BCUT2D eigenvalue weighted by molar-refractivity contribution is -0.153. The average molecular weight is 296 g/mol. The van der Waals surface area contributed by atoms with Gasteiger partial charge in [-0.05, 0) is 26.0 Å². The number of ether oxygens (including phenoxy) is 1. The molecule has 7 heteroatoms. The molecule has 0 unspecified atom stereocenters. The molecule has 0 aromatic heterocycles. The number of halogens is 1. The summed E-state index contributed by atoms with van der Waals surface area (Å²) in [6.45, 7) is 3.13. The molecule has 0 heterocycles. The largest absolute Gasteiger partial charge is 0.451 e. The van der Waals surface area contributed by atoms with Gasteiger partial charge in [0.15, 0.2) is 6.10 Å². The molecule has 0 aliphatic rings. The summed E-state index contributed by atoms with van der Waals surface area (Å²) < 4.78 is 18.2. The SMILES string of the molecule is CCNC(=O)[C@@H](C)OC(=O)CNC(=O)c1ccccc1F. The van der Waals surface area contributed by atoms with Crippen molar-refractivity contribution in [3.63, 3.8) is 0 Å². The molecule has 1 aromatic rings. The maximum Gasteiger partial charge on any atom is 0.326 e. The number of nitrogens with one attached hydrogen (secondary N) is 2. The Bertz CT molecular complexity index is 533. The summed E-state index contributed by atoms with van der Waals surface area (Å²) >= 11 is 0. The first-order chi connectivity index (χ1) is 9.95. The van der Waals surface area contributed by atoms with Gasteiger partial charge in [-0.2, -0.15) is 0 Å². The van der Waals surface area contributed by atoms with E-state index in [2.05, 4.69) is 10.6 Å². The molecular formula is C14H17FN2O4. The highest BCUT2D eigenvalue weighted by Gasteiger charge is 2.18. The summed E-state index contributed by atoms with van der Waals surface area (Å²) in [5.41, 5.74) is -0.165. The van der Waals surface area contributed by atoms with Gasteiger partial charge in [0.1, 0.15) is 12.4 Å². The fourth-order valence-corrected chi connectivity index (χ4v) is 1.50. The van der Waals surface area contributed by atoms with Crippen LogP contribution >= 0.6 is 0 Å². The molecule has 1 aromatic carbocycles. The van der Waals surface area contributed by atoms with E-state index in [9.17, 15) is 18.8 Å². The molecule has 2 N–H and O–H groups in total. The van der Waals surface area contributed by atoms with Crippen LogP contribution in [0.25, 0.3) is 0 Å². The van der Waals surface area contributed by atoms with Crippen molar-refractivity contribution in [3.8, 4) is 0 Å². The van der Waals surface area contributed by atoms with E-state index in [0.29, 0.717) is 6.54 Å². The van der Waals surface area contributed by atoms with Crippen molar-refractivity contribution in [2.45, 2.75) is 20.0 Å². The molecule has 0 aliphatic heterocycles. The van der Waals surface area contributed by atoms with Gasteiger partial charge in [-0.3, -0.25) is 14.4 Å². The maximum absolute atomic E-state index is 13.3. The lowest BCUT2D eigenvalue weighted by Crippen LogP contribution is -2.38. The molecule has 0 fully saturated rings. The monoisotopic (exact) mass is 296 g/mol. The van der Waals surface area contributed by atoms with Gasteiger partial charge in [0.05, 0.1) is 5.56 Å². The molecule has 1 atom stereocenters. The van der Waals surface area contributed by atoms with Gasteiger partial charge in [0, 0.05) is 6.54 Å². The zero-order valence-electron chi connectivity index (χ0n) is 11.8. The van der Waals surface area contributed by atoms with Crippen molar-refractivity contribution in [1.82, 2.24) is 10.6 Å². The Balaban J connectivity index is 2.45. The standard InChI is InChI=1S/C14H17FN2O4/c1-3-16-13(19)9(2)21-12(18)8-17-14(20)10-6-4-5-7-11(10)15/h4-7,9H,3,8H2,1-2H3,(H,16,19)(H,17,20)/t9-/m1/s1. The number of benzene rings is 1. The van der Waals surface area contributed by atoms with Crippen LogP contribution in [0.1, 0.15) is 24.2 Å². The zero-order valence-corrected chi connectivity index (χ0v) is 11.8. The quantitative estimate of drug-likeness (QED) is 0.754. The Morgan fingerprint density at radius 1 is 1.24 bits per heavy atom. The number of rotatable bonds is 6. The van der Waals surface area contributed by atoms with Crippen LogP contribution < -0.4 is 10.6 Å². The first kappa shape index (κ1) is 16.6. The van der Waals surface area contributed by atoms with Gasteiger partial charge in [-0.1, -0.05) is 12.1 Å². The second-order valence-electron chi connectivity index (χ2n) is 4.19. The molecule has 2 amide bonds. The van der Waals surface area contributed by atoms with E-state index < -0.39 is 36.2 Å². The molecule has 0 radical (unpaired) electrons. The van der Waals surface area contributed by atoms with Crippen LogP contribution in [0.4, 0.5) is 4.39 Å². The molecular weight excluding hydrogens is 279 g/mol. The smallest absolute Gasteiger partial charge is 0.326 e. The molecule has 1 rings (SSSR count). The minimum absolute atomic E-state index is 0.165. The first-order valence-corrected chi connectivity index (χ1v) is 6.45. The normalized spacial score (nSPS) is 11.4. The van der Waals surface area contributed by atoms with Crippen molar-refractivity contribution >= 4 is 17.8 Å². The van der Waals surface area contributed by atoms with Crippen molar-refractivity contribution in [2.75, 3.05) is 13.1 Å². The third-order valence-corrected chi connectivity index (χ3v) is 2.54. The molecule has 0 spiro atoms. The van der Waals surface area contributed by atoms with Gasteiger partial charge in [0.25, 0.3) is 11.8 Å². The number of carbonyl (C=O) groups excluding carboxylic acids is 3. The average Bonchev–Trinajstić information content (AvgIpc) is 2.45. The summed E-state index contributed by atoms with van der Waals surface area (Å²) in [5.74, 6) is -2.61. The van der Waals surface area contributed by atoms with E-state index in [1.165, 1.54) is 25.1 Å². The molecule has 0 saturated heterocycles. The van der Waals surface area contributed by atoms with E-state index in [0.717, 1.165) is 6.07 Å². The van der Waals surface area contributed by atoms with Crippen LogP contribution in [0.5, 0.6) is 0 Å². The fraction of sp³-hybridized carbons (Fsp3) is 0.357. The Hall–Kier alpha value is -2.44. The van der Waals surface area contributed by atoms with Gasteiger partial charge in [0.2, 0.25) is 0 Å². The minimum Gasteiger partial charge on any atom is -0.451 e. The van der Waals surface area contributed by atoms with E-state index in [1.807, 2.05) is 0 Å². The van der Waals surface area contributed by atoms with Crippen LogP contribution in [0.3, 0.4) is 0 Å². The Morgan fingerprint density at radius 2 is 1.90 bits per heavy atom. The topological polar surface area (TPSA) is 84.5 Å². The number of hydrogen-bond donors (Lipinski definition) is 2. The second-order valence-corrected chi connectivity index (χ2v) is 4.19. The predicted molar refractivity (Wildman–Crippen MR) is 73.0 cm³/mol. The lowest BCUT2D eigenvalue weighted by atomic mass is 10.2. The van der Waals surface area contributed by atoms with Gasteiger partial charge < -0.3 is 15.4 Å². The number of carbonyl (C=O) groups is 3. The molecule has 0 saturated carbocycles. The van der Waals surface area contributed by atoms with E-state index in [1.54, 1.807) is 6.92 Å². The highest BCUT2D eigenvalue weighted by atomic mass is 19.1. The van der Waals surface area contributed by atoms with Crippen molar-refractivity contribution in [1.29, 1.82) is 0 Å². The zero-order chi connectivity index (χ0) is 15.8. The van der Waals surface area contributed by atoms with Gasteiger partial charge >= 0.3 is 5.97 Å². The number of amides is 2. The van der Waals surface area contributed by atoms with Crippen LogP contribution in [-0.4, -0.2) is 37.0 Å². The Labute approximate surface area is 121 Å². The first-order valence-electron chi connectivity index (χ1n) is 6.45. The van der Waals surface area contributed by atoms with Crippen LogP contribution in [0, 0.1) is 5.82 Å². The summed E-state index contributed by atoms with van der Waals surface area (Å²) in [6.07, 6.45) is -0.956. The number of esters is 1. The summed E-state index contributed by atoms with van der Waals surface area (Å²) in [4.78, 5) is 34.5. The summed E-state index contributed by atoms with van der Waals surface area (Å²) in [6, 6.07) is 5.40. The number of hydrogen-bond acceptors (Lipinski definition) is 4. The van der Waals surface area contributed by atoms with E-state index >= 15 is 0 Å². The van der Waals surface area contributed by atoms with Crippen LogP contribution in [-0.2, 0) is 14.3 Å². The lowest BCUT2D eigenvalue weighted by Gasteiger charge is -2.13. The van der Waals surface area contributed by atoms with Gasteiger partial charge in [-0.15, -0.1) is 0 Å². The minimum atomic E-state index is -0.956. The van der Waals surface area contributed by atoms with Crippen LogP contribution in [0.15, 0.2) is 24.3 Å². The molecule has 6 nitrogen and oxygen atoms in total. The van der Waals surface area contributed by atoms with Crippen molar-refractivity contribution < 1.29 is 23.5 Å². The Kier molecular flexibility index (Phi) is 6.32. The van der Waals surface area contributed by atoms with E-state index in [-0.39, 0.29) is 5.56 Å². The maximum atomic E-state index is 13.3.